The average Bonchev–Trinajstić information content (AvgIpc) is 2.94. The van der Waals surface area contributed by atoms with E-state index in [4.69, 9.17) is 10.3 Å². The smallest absolute Gasteiger partial charge is 0.103 e. The van der Waals surface area contributed by atoms with Crippen molar-refractivity contribution in [1.29, 1.82) is 0 Å². The van der Waals surface area contributed by atoms with Gasteiger partial charge in [-0.3, -0.25) is 11.3 Å². The van der Waals surface area contributed by atoms with Crippen molar-refractivity contribution < 1.29 is 4.42 Å². The van der Waals surface area contributed by atoms with Crippen LogP contribution in [0.5, 0.6) is 0 Å². The van der Waals surface area contributed by atoms with Gasteiger partial charge >= 0.3 is 0 Å². The maximum absolute atomic E-state index is 5.61. The second-order valence-corrected chi connectivity index (χ2v) is 5.39. The maximum atomic E-state index is 5.61. The Morgan fingerprint density at radius 2 is 1.84 bits per heavy atom. The monoisotopic (exact) mass is 266 g/mol. The summed E-state index contributed by atoms with van der Waals surface area (Å²) in [7, 11) is 0. The molecule has 0 saturated carbocycles. The largest absolute Gasteiger partial charge is 0.469 e. The normalized spacial score (nSPS) is 12.7. The lowest BCUT2D eigenvalue weighted by Gasteiger charge is -2.14. The summed E-state index contributed by atoms with van der Waals surface area (Å²) in [6.45, 7) is 2.26. The Morgan fingerprint density at radius 1 is 1.11 bits per heavy atom. The first-order valence-electron chi connectivity index (χ1n) is 7.85. The topological polar surface area (TPSA) is 51.2 Å². The summed E-state index contributed by atoms with van der Waals surface area (Å²) in [4.78, 5) is 0. The van der Waals surface area contributed by atoms with E-state index in [1.165, 1.54) is 51.4 Å². The predicted octanol–water partition coefficient (Wildman–Crippen LogP) is 4.18. The van der Waals surface area contributed by atoms with Crippen LogP contribution < -0.4 is 11.3 Å². The van der Waals surface area contributed by atoms with Gasteiger partial charge in [0.2, 0.25) is 0 Å². The van der Waals surface area contributed by atoms with Gasteiger partial charge in [0.25, 0.3) is 0 Å². The zero-order valence-electron chi connectivity index (χ0n) is 12.4. The molecule has 0 aromatic carbocycles. The molecular weight excluding hydrogens is 236 g/mol. The van der Waals surface area contributed by atoms with Crippen molar-refractivity contribution in [3.63, 3.8) is 0 Å². The average molecular weight is 266 g/mol. The fraction of sp³-hybridized carbons (Fsp3) is 0.750. The fourth-order valence-corrected chi connectivity index (χ4v) is 2.43. The minimum Gasteiger partial charge on any atom is -0.469 e. The number of hydrogen-bond donors (Lipinski definition) is 2. The van der Waals surface area contributed by atoms with Gasteiger partial charge in [0, 0.05) is 12.5 Å². The van der Waals surface area contributed by atoms with Crippen molar-refractivity contribution in [3.8, 4) is 0 Å². The molecule has 1 rings (SSSR count). The highest BCUT2D eigenvalue weighted by molar-refractivity contribution is 4.98. The lowest BCUT2D eigenvalue weighted by molar-refractivity contribution is 0.416. The van der Waals surface area contributed by atoms with E-state index in [9.17, 15) is 0 Å². The highest BCUT2D eigenvalue weighted by Crippen LogP contribution is 2.13. The van der Waals surface area contributed by atoms with Crippen molar-refractivity contribution in [1.82, 2.24) is 5.43 Å². The molecule has 0 aliphatic rings. The fourth-order valence-electron chi connectivity index (χ4n) is 2.43. The molecule has 0 bridgehead atoms. The van der Waals surface area contributed by atoms with E-state index in [2.05, 4.69) is 12.3 Å². The highest BCUT2D eigenvalue weighted by Gasteiger charge is 2.07. The molecule has 0 radical (unpaired) electrons. The minimum absolute atomic E-state index is 0.417. The number of hydrogen-bond acceptors (Lipinski definition) is 3. The van der Waals surface area contributed by atoms with Crippen LogP contribution in [0.1, 0.15) is 70.5 Å². The third-order valence-electron chi connectivity index (χ3n) is 3.71. The number of nitrogens with one attached hydrogen (secondary N) is 1. The SMILES string of the molecule is CCCCCCCCCC(CCc1ccco1)NN. The Kier molecular flexibility index (Phi) is 9.46. The molecule has 1 atom stereocenters. The van der Waals surface area contributed by atoms with Gasteiger partial charge in [0.05, 0.1) is 6.26 Å². The molecule has 0 aliphatic heterocycles. The van der Waals surface area contributed by atoms with Crippen molar-refractivity contribution in [2.24, 2.45) is 5.84 Å². The van der Waals surface area contributed by atoms with Gasteiger partial charge in [-0.15, -0.1) is 0 Å². The molecule has 0 saturated heterocycles. The summed E-state index contributed by atoms with van der Waals surface area (Å²) in [6, 6.07) is 4.39. The van der Waals surface area contributed by atoms with Gasteiger partial charge in [-0.1, -0.05) is 51.9 Å². The van der Waals surface area contributed by atoms with Crippen molar-refractivity contribution in [3.05, 3.63) is 24.2 Å². The van der Waals surface area contributed by atoms with Crippen LogP contribution in [-0.4, -0.2) is 6.04 Å². The van der Waals surface area contributed by atoms with Crippen LogP contribution in [-0.2, 0) is 6.42 Å². The predicted molar refractivity (Wildman–Crippen MR) is 80.8 cm³/mol. The summed E-state index contributed by atoms with van der Waals surface area (Å²) in [6.07, 6.45) is 14.4. The molecule has 3 heteroatoms. The molecule has 110 valence electrons. The highest BCUT2D eigenvalue weighted by atomic mass is 16.3. The number of hydrazine groups is 1. The third kappa shape index (κ3) is 8.06. The number of furan rings is 1. The molecule has 1 heterocycles. The molecule has 0 spiro atoms. The van der Waals surface area contributed by atoms with Crippen molar-refractivity contribution >= 4 is 0 Å². The van der Waals surface area contributed by atoms with Crippen LogP contribution >= 0.6 is 0 Å². The van der Waals surface area contributed by atoms with E-state index in [1.54, 1.807) is 6.26 Å². The number of aryl methyl sites for hydroxylation is 1. The molecule has 19 heavy (non-hydrogen) atoms. The van der Waals surface area contributed by atoms with Gasteiger partial charge < -0.3 is 4.42 Å². The van der Waals surface area contributed by atoms with E-state index < -0.39 is 0 Å². The Balaban J connectivity index is 1.99. The van der Waals surface area contributed by atoms with Gasteiger partial charge in [0.15, 0.2) is 0 Å². The molecule has 3 nitrogen and oxygen atoms in total. The van der Waals surface area contributed by atoms with Crippen LogP contribution in [0.3, 0.4) is 0 Å². The zero-order valence-corrected chi connectivity index (χ0v) is 12.4. The van der Waals surface area contributed by atoms with E-state index >= 15 is 0 Å². The number of nitrogens with two attached hydrogens (primary N) is 1. The van der Waals surface area contributed by atoms with Crippen LogP contribution in [0.2, 0.25) is 0 Å². The first-order valence-corrected chi connectivity index (χ1v) is 7.85. The number of unbranched alkanes of at least 4 members (excludes halogenated alkanes) is 6. The molecule has 1 unspecified atom stereocenters. The quantitative estimate of drug-likeness (QED) is 0.339. The lowest BCUT2D eigenvalue weighted by Crippen LogP contribution is -2.35. The third-order valence-corrected chi connectivity index (χ3v) is 3.71. The van der Waals surface area contributed by atoms with Gasteiger partial charge in [-0.25, -0.2) is 0 Å². The van der Waals surface area contributed by atoms with E-state index in [-0.39, 0.29) is 0 Å². The molecular formula is C16H30N2O. The standard InChI is InChI=1S/C16H30N2O/c1-2-3-4-5-6-7-8-10-15(18-17)12-13-16-11-9-14-19-16/h9,11,14-15,18H,2-8,10,12-13,17H2,1H3. The Hall–Kier alpha value is -0.800. The Labute approximate surface area is 117 Å². The summed E-state index contributed by atoms with van der Waals surface area (Å²) < 4.78 is 5.34. The van der Waals surface area contributed by atoms with Crippen molar-refractivity contribution in [2.45, 2.75) is 77.2 Å². The van der Waals surface area contributed by atoms with Gasteiger partial charge in [-0.2, -0.15) is 0 Å². The first-order chi connectivity index (χ1) is 9.36. The molecule has 0 aliphatic carbocycles. The lowest BCUT2D eigenvalue weighted by atomic mass is 10.0. The van der Waals surface area contributed by atoms with Crippen LogP contribution in [0, 0.1) is 0 Å². The first kappa shape index (κ1) is 16.3. The van der Waals surface area contributed by atoms with Crippen LogP contribution in [0.15, 0.2) is 22.8 Å². The summed E-state index contributed by atoms with van der Waals surface area (Å²) in [5.74, 6) is 6.67. The molecule has 3 N–H and O–H groups in total. The van der Waals surface area contributed by atoms with Crippen LogP contribution in [0.25, 0.3) is 0 Å². The molecule has 0 amide bonds. The van der Waals surface area contributed by atoms with Gasteiger partial charge in [0.1, 0.15) is 5.76 Å². The van der Waals surface area contributed by atoms with Crippen molar-refractivity contribution in [2.75, 3.05) is 0 Å². The maximum Gasteiger partial charge on any atom is 0.103 e. The van der Waals surface area contributed by atoms with Gasteiger partial charge in [-0.05, 0) is 25.0 Å². The summed E-state index contributed by atoms with van der Waals surface area (Å²) in [5.41, 5.74) is 2.93. The summed E-state index contributed by atoms with van der Waals surface area (Å²) >= 11 is 0. The van der Waals surface area contributed by atoms with E-state index in [0.29, 0.717) is 6.04 Å². The van der Waals surface area contributed by atoms with Crippen LogP contribution in [0.4, 0.5) is 0 Å². The second kappa shape index (κ2) is 11.1. The minimum atomic E-state index is 0.417. The second-order valence-electron chi connectivity index (χ2n) is 5.39. The number of rotatable bonds is 12. The molecule has 1 aromatic rings. The zero-order chi connectivity index (χ0) is 13.8. The Bertz CT molecular complexity index is 285. The molecule has 0 fully saturated rings. The summed E-state index contributed by atoms with van der Waals surface area (Å²) in [5, 5.41) is 0. The Morgan fingerprint density at radius 3 is 2.47 bits per heavy atom. The molecule has 1 aromatic heterocycles. The van der Waals surface area contributed by atoms with E-state index in [0.717, 1.165) is 18.6 Å². The van der Waals surface area contributed by atoms with E-state index in [1.807, 2.05) is 12.1 Å².